The minimum atomic E-state index is 0.0737. The highest BCUT2D eigenvalue weighted by Gasteiger charge is 2.26. The molecule has 0 spiro atoms. The SMILES string of the molecule is Cn1c(=O)n(C2CCCNC2)c2ccc(OC3CCN(CC4CNC4)CC3)cc21. The van der Waals surface area contributed by atoms with Gasteiger partial charge >= 0.3 is 5.69 Å². The van der Waals surface area contributed by atoms with Crippen molar-refractivity contribution in [2.45, 2.75) is 37.8 Å². The Kier molecular flexibility index (Phi) is 5.37. The molecule has 29 heavy (non-hydrogen) atoms. The lowest BCUT2D eigenvalue weighted by Crippen LogP contribution is -2.50. The first-order valence-corrected chi connectivity index (χ1v) is 11.2. The fraction of sp³-hybridized carbons (Fsp3) is 0.682. The normalized spacial score (nSPS) is 24.7. The lowest BCUT2D eigenvalue weighted by molar-refractivity contribution is 0.0845. The second kappa shape index (κ2) is 8.13. The smallest absolute Gasteiger partial charge is 0.329 e. The molecular formula is C22H33N5O2. The van der Waals surface area contributed by atoms with Crippen LogP contribution in [-0.2, 0) is 7.05 Å². The highest BCUT2D eigenvalue weighted by Crippen LogP contribution is 2.27. The second-order valence-corrected chi connectivity index (χ2v) is 9.00. The van der Waals surface area contributed by atoms with Gasteiger partial charge in [-0.25, -0.2) is 4.79 Å². The Morgan fingerprint density at radius 3 is 2.59 bits per heavy atom. The van der Waals surface area contributed by atoms with Crippen LogP contribution in [0.5, 0.6) is 5.75 Å². The molecule has 3 aliphatic rings. The number of nitrogens with zero attached hydrogens (tertiary/aromatic N) is 3. The molecule has 7 heteroatoms. The van der Waals surface area contributed by atoms with Crippen LogP contribution < -0.4 is 21.1 Å². The third-order valence-corrected chi connectivity index (χ3v) is 6.92. The third kappa shape index (κ3) is 3.83. The predicted molar refractivity (Wildman–Crippen MR) is 115 cm³/mol. The maximum atomic E-state index is 12.9. The molecule has 0 bridgehead atoms. The van der Waals surface area contributed by atoms with Gasteiger partial charge in [-0.2, -0.15) is 0 Å². The molecule has 1 unspecified atom stereocenters. The number of piperidine rings is 2. The van der Waals surface area contributed by atoms with Crippen molar-refractivity contribution in [1.82, 2.24) is 24.7 Å². The molecule has 3 aliphatic heterocycles. The van der Waals surface area contributed by atoms with Crippen LogP contribution in [0.1, 0.15) is 31.7 Å². The zero-order valence-corrected chi connectivity index (χ0v) is 17.4. The summed E-state index contributed by atoms with van der Waals surface area (Å²) in [4.78, 5) is 15.5. The van der Waals surface area contributed by atoms with Crippen LogP contribution in [0, 0.1) is 5.92 Å². The van der Waals surface area contributed by atoms with Crippen molar-refractivity contribution in [3.05, 3.63) is 28.7 Å². The Morgan fingerprint density at radius 1 is 1.07 bits per heavy atom. The van der Waals surface area contributed by atoms with E-state index in [4.69, 9.17) is 4.74 Å². The molecule has 0 amide bonds. The molecule has 0 saturated carbocycles. The Balaban J connectivity index is 1.28. The Bertz CT molecular complexity index is 902. The van der Waals surface area contributed by atoms with Gasteiger partial charge in [0.1, 0.15) is 11.9 Å². The summed E-state index contributed by atoms with van der Waals surface area (Å²) in [6.45, 7) is 7.71. The maximum absolute atomic E-state index is 12.9. The number of aryl methyl sites for hydroxylation is 1. The summed E-state index contributed by atoms with van der Waals surface area (Å²) in [5.74, 6) is 1.72. The van der Waals surface area contributed by atoms with Crippen LogP contribution in [0.2, 0.25) is 0 Å². The number of rotatable bonds is 5. The molecule has 5 rings (SSSR count). The van der Waals surface area contributed by atoms with Crippen LogP contribution in [0.15, 0.2) is 23.0 Å². The van der Waals surface area contributed by atoms with E-state index in [1.54, 1.807) is 4.57 Å². The molecule has 1 atom stereocenters. The number of likely N-dealkylation sites (tertiary alicyclic amines) is 1. The van der Waals surface area contributed by atoms with Crippen LogP contribution >= 0.6 is 0 Å². The van der Waals surface area contributed by atoms with E-state index in [1.165, 1.54) is 19.6 Å². The van der Waals surface area contributed by atoms with Crippen molar-refractivity contribution < 1.29 is 4.74 Å². The molecule has 4 heterocycles. The van der Waals surface area contributed by atoms with Gasteiger partial charge in [0.05, 0.1) is 17.1 Å². The largest absolute Gasteiger partial charge is 0.490 e. The van der Waals surface area contributed by atoms with E-state index in [-0.39, 0.29) is 17.8 Å². The van der Waals surface area contributed by atoms with E-state index in [2.05, 4.69) is 27.7 Å². The first kappa shape index (κ1) is 19.2. The Morgan fingerprint density at radius 2 is 1.90 bits per heavy atom. The molecule has 0 radical (unpaired) electrons. The van der Waals surface area contributed by atoms with Gasteiger partial charge in [-0.3, -0.25) is 9.13 Å². The Hall–Kier alpha value is -1.83. The van der Waals surface area contributed by atoms with Gasteiger partial charge in [0.15, 0.2) is 0 Å². The topological polar surface area (TPSA) is 63.5 Å². The molecular weight excluding hydrogens is 366 g/mol. The fourth-order valence-electron chi connectivity index (χ4n) is 5.07. The number of benzene rings is 1. The molecule has 158 valence electrons. The number of hydrogen-bond acceptors (Lipinski definition) is 5. The zero-order chi connectivity index (χ0) is 19.8. The number of hydrogen-bond donors (Lipinski definition) is 2. The molecule has 3 fully saturated rings. The van der Waals surface area contributed by atoms with E-state index in [0.717, 1.165) is 74.6 Å². The van der Waals surface area contributed by atoms with Crippen LogP contribution in [-0.4, -0.2) is 66.0 Å². The molecule has 0 aliphatic carbocycles. The standard InChI is InChI=1S/C22H33N5O2/c1-25-21-11-19(29-18-6-9-26(10-7-18)15-16-12-24-13-16)4-5-20(21)27(22(25)28)17-3-2-8-23-14-17/h4-5,11,16-18,23-24H,2-3,6-10,12-15H2,1H3. The summed E-state index contributed by atoms with van der Waals surface area (Å²) in [5.41, 5.74) is 2.06. The first-order chi connectivity index (χ1) is 14.2. The van der Waals surface area contributed by atoms with E-state index in [1.807, 2.05) is 17.7 Å². The molecule has 1 aromatic heterocycles. The average molecular weight is 400 g/mol. The van der Waals surface area contributed by atoms with Gasteiger partial charge in [0.25, 0.3) is 0 Å². The van der Waals surface area contributed by atoms with Crippen molar-refractivity contribution in [1.29, 1.82) is 0 Å². The number of imidazole rings is 1. The Labute approximate surface area is 172 Å². The number of fused-ring (bicyclic) bond motifs is 1. The summed E-state index contributed by atoms with van der Waals surface area (Å²) in [6.07, 6.45) is 4.59. The minimum Gasteiger partial charge on any atom is -0.490 e. The fourth-order valence-corrected chi connectivity index (χ4v) is 5.07. The van der Waals surface area contributed by atoms with Crippen molar-refractivity contribution in [3.8, 4) is 5.75 Å². The highest BCUT2D eigenvalue weighted by atomic mass is 16.5. The van der Waals surface area contributed by atoms with Gasteiger partial charge in [0, 0.05) is 52.4 Å². The van der Waals surface area contributed by atoms with Crippen molar-refractivity contribution in [2.24, 2.45) is 13.0 Å². The highest BCUT2D eigenvalue weighted by molar-refractivity contribution is 5.78. The summed E-state index contributed by atoms with van der Waals surface area (Å²) >= 11 is 0. The predicted octanol–water partition coefficient (Wildman–Crippen LogP) is 1.33. The van der Waals surface area contributed by atoms with Gasteiger partial charge in [-0.15, -0.1) is 0 Å². The quantitative estimate of drug-likeness (QED) is 0.794. The van der Waals surface area contributed by atoms with E-state index >= 15 is 0 Å². The van der Waals surface area contributed by atoms with Crippen molar-refractivity contribution >= 4 is 11.0 Å². The third-order valence-electron chi connectivity index (χ3n) is 6.92. The van der Waals surface area contributed by atoms with Gasteiger partial charge < -0.3 is 20.3 Å². The molecule has 3 saturated heterocycles. The van der Waals surface area contributed by atoms with Crippen molar-refractivity contribution in [3.63, 3.8) is 0 Å². The first-order valence-electron chi connectivity index (χ1n) is 11.2. The van der Waals surface area contributed by atoms with Gasteiger partial charge in [-0.05, 0) is 50.3 Å². The van der Waals surface area contributed by atoms with Crippen LogP contribution in [0.4, 0.5) is 0 Å². The molecule has 2 N–H and O–H groups in total. The second-order valence-electron chi connectivity index (χ2n) is 9.00. The number of nitrogens with one attached hydrogen (secondary N) is 2. The van der Waals surface area contributed by atoms with E-state index in [0.29, 0.717) is 0 Å². The monoisotopic (exact) mass is 399 g/mol. The number of aromatic nitrogens is 2. The maximum Gasteiger partial charge on any atom is 0.329 e. The van der Waals surface area contributed by atoms with Crippen molar-refractivity contribution in [2.75, 3.05) is 45.8 Å². The van der Waals surface area contributed by atoms with Gasteiger partial charge in [0.2, 0.25) is 0 Å². The molecule has 1 aromatic carbocycles. The lowest BCUT2D eigenvalue weighted by atomic mass is 10.0. The minimum absolute atomic E-state index is 0.0737. The summed E-state index contributed by atoms with van der Waals surface area (Å²) in [7, 11) is 1.87. The van der Waals surface area contributed by atoms with E-state index < -0.39 is 0 Å². The van der Waals surface area contributed by atoms with Gasteiger partial charge in [-0.1, -0.05) is 0 Å². The lowest BCUT2D eigenvalue weighted by Gasteiger charge is -2.37. The summed E-state index contributed by atoms with van der Waals surface area (Å²) in [5, 5.41) is 6.78. The van der Waals surface area contributed by atoms with Crippen LogP contribution in [0.25, 0.3) is 11.0 Å². The molecule has 2 aromatic rings. The average Bonchev–Trinajstić information content (AvgIpc) is 2.97. The summed E-state index contributed by atoms with van der Waals surface area (Å²) < 4.78 is 10.1. The summed E-state index contributed by atoms with van der Waals surface area (Å²) in [6, 6.07) is 6.40. The van der Waals surface area contributed by atoms with Crippen LogP contribution in [0.3, 0.4) is 0 Å². The molecule has 7 nitrogen and oxygen atoms in total. The van der Waals surface area contributed by atoms with E-state index in [9.17, 15) is 4.79 Å². The number of ether oxygens (including phenoxy) is 1. The zero-order valence-electron chi connectivity index (χ0n) is 17.4.